The van der Waals surface area contributed by atoms with Crippen molar-refractivity contribution in [1.82, 2.24) is 0 Å². The molecular formula is C12H13IO3. The summed E-state index contributed by atoms with van der Waals surface area (Å²) >= 11 is 1.92. The molecule has 0 saturated heterocycles. The highest BCUT2D eigenvalue weighted by molar-refractivity contribution is 14.1. The Balaban J connectivity index is 2.87. The summed E-state index contributed by atoms with van der Waals surface area (Å²) in [5.41, 5.74) is 0.937. The minimum atomic E-state index is -0.933. The highest BCUT2D eigenvalue weighted by atomic mass is 127. The second kappa shape index (κ2) is 6.65. The molecule has 1 N–H and O–H groups in total. The third kappa shape index (κ3) is 3.31. The Morgan fingerprint density at radius 3 is 2.62 bits per heavy atom. The van der Waals surface area contributed by atoms with Gasteiger partial charge in [0.2, 0.25) is 0 Å². The van der Waals surface area contributed by atoms with Crippen molar-refractivity contribution in [2.75, 3.05) is 6.61 Å². The van der Waals surface area contributed by atoms with Crippen LogP contribution in [0, 0.1) is 0 Å². The molecule has 1 aromatic carbocycles. The number of ether oxygens (including phenoxy) is 1. The molecule has 4 heteroatoms. The normalized spacial score (nSPS) is 13.3. The fourth-order valence-electron chi connectivity index (χ4n) is 1.25. The lowest BCUT2D eigenvalue weighted by Crippen LogP contribution is -2.14. The molecule has 1 aromatic rings. The zero-order valence-corrected chi connectivity index (χ0v) is 11.0. The number of rotatable bonds is 4. The van der Waals surface area contributed by atoms with E-state index in [1.165, 1.54) is 0 Å². The van der Waals surface area contributed by atoms with Crippen LogP contribution in [0.15, 0.2) is 40.0 Å². The molecule has 0 aliphatic rings. The van der Waals surface area contributed by atoms with E-state index in [9.17, 15) is 9.90 Å². The molecule has 0 saturated carbocycles. The number of hydrogen-bond acceptors (Lipinski definition) is 3. The smallest absolute Gasteiger partial charge is 0.337 e. The summed E-state index contributed by atoms with van der Waals surface area (Å²) in [5.74, 6) is -0.478. The van der Waals surface area contributed by atoms with Crippen molar-refractivity contribution in [2.24, 2.45) is 0 Å². The zero-order valence-electron chi connectivity index (χ0n) is 8.89. The van der Waals surface area contributed by atoms with Crippen LogP contribution < -0.4 is 0 Å². The van der Waals surface area contributed by atoms with Gasteiger partial charge < -0.3 is 9.84 Å². The van der Waals surface area contributed by atoms with E-state index in [1.54, 1.807) is 23.1 Å². The van der Waals surface area contributed by atoms with Crippen molar-refractivity contribution in [3.05, 3.63) is 45.6 Å². The number of esters is 1. The summed E-state index contributed by atoms with van der Waals surface area (Å²) in [5, 5.41) is 10.0. The molecule has 0 radical (unpaired) electrons. The maximum Gasteiger partial charge on any atom is 0.337 e. The first-order chi connectivity index (χ1) is 7.70. The zero-order chi connectivity index (χ0) is 12.0. The summed E-state index contributed by atoms with van der Waals surface area (Å²) in [6.07, 6.45) is -0.933. The second-order valence-electron chi connectivity index (χ2n) is 3.10. The van der Waals surface area contributed by atoms with Crippen LogP contribution in [0.5, 0.6) is 0 Å². The summed E-state index contributed by atoms with van der Waals surface area (Å²) < 4.78 is 6.41. The molecule has 0 spiro atoms. The van der Waals surface area contributed by atoms with E-state index in [1.807, 2.05) is 40.8 Å². The van der Waals surface area contributed by atoms with Gasteiger partial charge in [0.15, 0.2) is 0 Å². The Hall–Kier alpha value is -0.880. The van der Waals surface area contributed by atoms with Crippen molar-refractivity contribution in [3.8, 4) is 0 Å². The molecule has 0 amide bonds. The third-order valence-corrected chi connectivity index (χ3v) is 2.71. The Morgan fingerprint density at radius 2 is 2.12 bits per heavy atom. The van der Waals surface area contributed by atoms with E-state index in [4.69, 9.17) is 4.74 Å². The monoisotopic (exact) mass is 332 g/mol. The number of hydrogen-bond donors (Lipinski definition) is 1. The van der Waals surface area contributed by atoms with Gasteiger partial charge in [0.05, 0.1) is 12.2 Å². The quantitative estimate of drug-likeness (QED) is 0.524. The van der Waals surface area contributed by atoms with Gasteiger partial charge in [-0.3, -0.25) is 0 Å². The fourth-order valence-corrected chi connectivity index (χ4v) is 1.84. The largest absolute Gasteiger partial charge is 0.463 e. The molecule has 0 bridgehead atoms. The van der Waals surface area contributed by atoms with Crippen molar-refractivity contribution in [2.45, 2.75) is 13.0 Å². The van der Waals surface area contributed by atoms with Gasteiger partial charge in [-0.25, -0.2) is 4.79 Å². The Morgan fingerprint density at radius 1 is 1.50 bits per heavy atom. The predicted molar refractivity (Wildman–Crippen MR) is 70.1 cm³/mol. The number of benzene rings is 1. The van der Waals surface area contributed by atoms with E-state index in [0.717, 1.165) is 0 Å². The van der Waals surface area contributed by atoms with Gasteiger partial charge in [0, 0.05) is 0 Å². The standard InChI is InChI=1S/C12H13IO3/c1-2-16-12(15)10(8-13)11(14)9-6-4-3-5-7-9/h3-8,11,14H,2H2,1H3/b10-8-. The molecule has 0 aromatic heterocycles. The van der Waals surface area contributed by atoms with Crippen LogP contribution in [-0.2, 0) is 9.53 Å². The topological polar surface area (TPSA) is 46.5 Å². The van der Waals surface area contributed by atoms with Crippen LogP contribution >= 0.6 is 22.6 Å². The lowest BCUT2D eigenvalue weighted by atomic mass is 10.0. The first-order valence-electron chi connectivity index (χ1n) is 4.91. The number of aliphatic hydroxyl groups is 1. The molecule has 1 atom stereocenters. The van der Waals surface area contributed by atoms with Crippen LogP contribution in [-0.4, -0.2) is 17.7 Å². The van der Waals surface area contributed by atoms with Gasteiger partial charge in [-0.05, 0) is 16.6 Å². The van der Waals surface area contributed by atoms with Gasteiger partial charge in [0.1, 0.15) is 6.10 Å². The van der Waals surface area contributed by atoms with Crippen LogP contribution in [0.3, 0.4) is 0 Å². The van der Waals surface area contributed by atoms with Crippen molar-refractivity contribution in [1.29, 1.82) is 0 Å². The lowest BCUT2D eigenvalue weighted by molar-refractivity contribution is -0.139. The average Bonchev–Trinajstić information content (AvgIpc) is 2.31. The van der Waals surface area contributed by atoms with Gasteiger partial charge in [-0.15, -0.1) is 0 Å². The molecule has 3 nitrogen and oxygen atoms in total. The van der Waals surface area contributed by atoms with Crippen LogP contribution in [0.2, 0.25) is 0 Å². The Bertz CT molecular complexity index is 373. The number of aliphatic hydroxyl groups excluding tert-OH is 1. The van der Waals surface area contributed by atoms with Crippen LogP contribution in [0.4, 0.5) is 0 Å². The maximum atomic E-state index is 11.5. The molecule has 1 rings (SSSR count). The molecule has 0 fully saturated rings. The van der Waals surface area contributed by atoms with Gasteiger partial charge >= 0.3 is 5.97 Å². The van der Waals surface area contributed by atoms with Crippen molar-refractivity contribution < 1.29 is 14.6 Å². The van der Waals surface area contributed by atoms with E-state index < -0.39 is 12.1 Å². The SMILES string of the molecule is CCOC(=O)/C(=C\I)C(O)c1ccccc1. The summed E-state index contributed by atoms with van der Waals surface area (Å²) in [6.45, 7) is 2.03. The third-order valence-electron chi connectivity index (χ3n) is 2.04. The van der Waals surface area contributed by atoms with Gasteiger partial charge in [-0.2, -0.15) is 0 Å². The molecule has 0 heterocycles. The highest BCUT2D eigenvalue weighted by Crippen LogP contribution is 2.23. The minimum absolute atomic E-state index is 0.258. The molecule has 0 aliphatic heterocycles. The summed E-state index contributed by atoms with van der Waals surface area (Å²) in [4.78, 5) is 11.5. The Kier molecular flexibility index (Phi) is 5.48. The fraction of sp³-hybridized carbons (Fsp3) is 0.250. The summed E-state index contributed by atoms with van der Waals surface area (Å²) in [7, 11) is 0. The van der Waals surface area contributed by atoms with Crippen molar-refractivity contribution >= 4 is 28.6 Å². The van der Waals surface area contributed by atoms with E-state index in [0.29, 0.717) is 12.2 Å². The average molecular weight is 332 g/mol. The lowest BCUT2D eigenvalue weighted by Gasteiger charge is -2.13. The van der Waals surface area contributed by atoms with Gasteiger partial charge in [-0.1, -0.05) is 52.9 Å². The number of carbonyl (C=O) groups is 1. The molecule has 86 valence electrons. The van der Waals surface area contributed by atoms with E-state index in [2.05, 4.69) is 0 Å². The van der Waals surface area contributed by atoms with Crippen molar-refractivity contribution in [3.63, 3.8) is 0 Å². The Labute approximate surface area is 108 Å². The maximum absolute atomic E-state index is 11.5. The minimum Gasteiger partial charge on any atom is -0.463 e. The predicted octanol–water partition coefficient (Wildman–Crippen LogP) is 2.60. The van der Waals surface area contributed by atoms with Crippen LogP contribution in [0.1, 0.15) is 18.6 Å². The highest BCUT2D eigenvalue weighted by Gasteiger charge is 2.20. The van der Waals surface area contributed by atoms with Crippen LogP contribution in [0.25, 0.3) is 0 Å². The van der Waals surface area contributed by atoms with Gasteiger partial charge in [0.25, 0.3) is 0 Å². The number of halogens is 1. The molecule has 0 aliphatic carbocycles. The van der Waals surface area contributed by atoms with E-state index in [-0.39, 0.29) is 5.57 Å². The summed E-state index contributed by atoms with van der Waals surface area (Å²) in [6, 6.07) is 9.02. The molecule has 1 unspecified atom stereocenters. The number of carbonyl (C=O) groups excluding carboxylic acids is 1. The first kappa shape index (κ1) is 13.2. The molecule has 16 heavy (non-hydrogen) atoms. The molecular weight excluding hydrogens is 319 g/mol. The second-order valence-corrected chi connectivity index (χ2v) is 3.72. The first-order valence-corrected chi connectivity index (χ1v) is 6.15. The van der Waals surface area contributed by atoms with E-state index >= 15 is 0 Å².